The molecule has 1 N–H and O–H groups in total. The molecule has 0 spiro atoms. The van der Waals surface area contributed by atoms with Gasteiger partial charge in [-0.05, 0) is 17.7 Å². The molecule has 102 valence electrons. The largest absolute Gasteiger partial charge is 0.481 e. The number of benzene rings is 1. The molecule has 0 aliphatic heterocycles. The van der Waals surface area contributed by atoms with Gasteiger partial charge in [0.05, 0.1) is 11.3 Å². The summed E-state index contributed by atoms with van der Waals surface area (Å²) >= 11 is 0. The van der Waals surface area contributed by atoms with Crippen LogP contribution in [0.2, 0.25) is 0 Å². The number of aromatic nitrogens is 1. The lowest BCUT2D eigenvalue weighted by Gasteiger charge is -2.05. The minimum atomic E-state index is -0.935. The van der Waals surface area contributed by atoms with Crippen LogP contribution in [0.4, 0.5) is 5.69 Å². The van der Waals surface area contributed by atoms with E-state index in [2.05, 4.69) is 4.98 Å². The molecule has 0 amide bonds. The van der Waals surface area contributed by atoms with Gasteiger partial charge < -0.3 is 9.84 Å². The molecule has 7 nitrogen and oxygen atoms in total. The molecule has 0 saturated heterocycles. The molecule has 2 aromatic rings. The number of hydrogen-bond donors (Lipinski definition) is 1. The van der Waals surface area contributed by atoms with E-state index >= 15 is 0 Å². The van der Waals surface area contributed by atoms with E-state index < -0.39 is 10.9 Å². The van der Waals surface area contributed by atoms with Gasteiger partial charge in [-0.15, -0.1) is 0 Å². The Morgan fingerprint density at radius 3 is 2.75 bits per heavy atom. The Morgan fingerprint density at radius 2 is 2.15 bits per heavy atom. The topological polar surface area (TPSA) is 103 Å². The van der Waals surface area contributed by atoms with E-state index in [-0.39, 0.29) is 18.0 Å². The normalized spacial score (nSPS) is 10.0. The first-order chi connectivity index (χ1) is 9.54. The first kappa shape index (κ1) is 13.5. The van der Waals surface area contributed by atoms with E-state index in [0.717, 1.165) is 6.20 Å². The summed E-state index contributed by atoms with van der Waals surface area (Å²) in [4.78, 5) is 24.4. The molecule has 1 aromatic heterocycles. The average molecular weight is 274 g/mol. The molecule has 0 aliphatic rings. The van der Waals surface area contributed by atoms with Crippen LogP contribution in [-0.4, -0.2) is 21.0 Å². The Bertz CT molecular complexity index is 639. The highest BCUT2D eigenvalue weighted by atomic mass is 16.6. The van der Waals surface area contributed by atoms with Gasteiger partial charge >= 0.3 is 5.97 Å². The lowest BCUT2D eigenvalue weighted by atomic mass is 10.1. The van der Waals surface area contributed by atoms with Crippen LogP contribution in [0.1, 0.15) is 5.56 Å². The van der Waals surface area contributed by atoms with Gasteiger partial charge in [0.2, 0.25) is 5.88 Å². The summed E-state index contributed by atoms with van der Waals surface area (Å²) in [5.74, 6) is -0.316. The van der Waals surface area contributed by atoms with Crippen molar-refractivity contribution in [3.8, 4) is 11.6 Å². The van der Waals surface area contributed by atoms with Gasteiger partial charge in [0.1, 0.15) is 11.9 Å². The van der Waals surface area contributed by atoms with Crippen molar-refractivity contribution in [3.05, 3.63) is 58.3 Å². The lowest BCUT2D eigenvalue weighted by Crippen LogP contribution is -2.00. The number of pyridine rings is 1. The van der Waals surface area contributed by atoms with Crippen molar-refractivity contribution in [2.45, 2.75) is 6.42 Å². The lowest BCUT2D eigenvalue weighted by molar-refractivity contribution is -0.385. The van der Waals surface area contributed by atoms with Crippen LogP contribution in [0.3, 0.4) is 0 Å². The average Bonchev–Trinajstić information content (AvgIpc) is 2.39. The first-order valence-electron chi connectivity index (χ1n) is 5.63. The Labute approximate surface area is 113 Å². The second kappa shape index (κ2) is 5.79. The molecule has 2 rings (SSSR count). The number of rotatable bonds is 5. The second-order valence-electron chi connectivity index (χ2n) is 3.93. The van der Waals surface area contributed by atoms with E-state index in [0.29, 0.717) is 11.3 Å². The zero-order chi connectivity index (χ0) is 14.5. The third-order valence-corrected chi connectivity index (χ3v) is 2.41. The molecule has 0 fully saturated rings. The minimum absolute atomic E-state index is 0.106. The molecule has 0 aliphatic carbocycles. The third kappa shape index (κ3) is 3.52. The zero-order valence-corrected chi connectivity index (χ0v) is 10.2. The van der Waals surface area contributed by atoms with E-state index in [1.807, 2.05) is 0 Å². The zero-order valence-electron chi connectivity index (χ0n) is 10.2. The summed E-state index contributed by atoms with van der Waals surface area (Å²) in [6.07, 6.45) is 0.987. The van der Waals surface area contributed by atoms with Gasteiger partial charge in [0.15, 0.2) is 0 Å². The fraction of sp³-hybridized carbons (Fsp3) is 0.0769. The highest BCUT2D eigenvalue weighted by Crippen LogP contribution is 2.22. The maximum Gasteiger partial charge on any atom is 0.307 e. The Balaban J connectivity index is 2.13. The van der Waals surface area contributed by atoms with Crippen molar-refractivity contribution in [2.24, 2.45) is 0 Å². The number of nitro groups is 1. The van der Waals surface area contributed by atoms with Gasteiger partial charge in [-0.3, -0.25) is 14.9 Å². The third-order valence-electron chi connectivity index (χ3n) is 2.41. The van der Waals surface area contributed by atoms with Crippen LogP contribution in [0.5, 0.6) is 11.6 Å². The highest BCUT2D eigenvalue weighted by molar-refractivity contribution is 5.70. The fourth-order valence-corrected chi connectivity index (χ4v) is 1.56. The standard InChI is InChI=1S/C13H10N2O5/c16-13(17)7-9-2-1-3-11(6-9)20-12-5-4-10(8-14-12)15(18)19/h1-6,8H,7H2,(H,16,17). The molecule has 0 bridgehead atoms. The Hall–Kier alpha value is -2.96. The Kier molecular flexibility index (Phi) is 3.90. The number of carbonyl (C=O) groups is 1. The number of carboxylic acids is 1. The molecule has 20 heavy (non-hydrogen) atoms. The van der Waals surface area contributed by atoms with Gasteiger partial charge in [-0.2, -0.15) is 0 Å². The molecule has 0 atom stereocenters. The number of aliphatic carboxylic acids is 1. The van der Waals surface area contributed by atoms with Crippen LogP contribution in [0.25, 0.3) is 0 Å². The summed E-state index contributed by atoms with van der Waals surface area (Å²) in [7, 11) is 0. The predicted molar refractivity (Wildman–Crippen MR) is 68.7 cm³/mol. The summed E-state index contributed by atoms with van der Waals surface area (Å²) in [6, 6.07) is 9.22. The summed E-state index contributed by atoms with van der Waals surface area (Å²) in [5, 5.41) is 19.2. The molecule has 7 heteroatoms. The first-order valence-corrected chi connectivity index (χ1v) is 5.63. The second-order valence-corrected chi connectivity index (χ2v) is 3.93. The van der Waals surface area contributed by atoms with E-state index in [1.54, 1.807) is 24.3 Å². The highest BCUT2D eigenvalue weighted by Gasteiger charge is 2.07. The van der Waals surface area contributed by atoms with Crippen LogP contribution < -0.4 is 4.74 Å². The smallest absolute Gasteiger partial charge is 0.307 e. The fourth-order valence-electron chi connectivity index (χ4n) is 1.56. The van der Waals surface area contributed by atoms with Crippen LogP contribution in [-0.2, 0) is 11.2 Å². The van der Waals surface area contributed by atoms with Gasteiger partial charge in [-0.1, -0.05) is 12.1 Å². The van der Waals surface area contributed by atoms with Gasteiger partial charge in [0.25, 0.3) is 5.69 Å². The number of carboxylic acid groups (broad SMARTS) is 1. The van der Waals surface area contributed by atoms with Crippen molar-refractivity contribution in [2.75, 3.05) is 0 Å². The molecule has 0 saturated carbocycles. The summed E-state index contributed by atoms with van der Waals surface area (Å²) < 4.78 is 5.41. The molecule has 0 unspecified atom stereocenters. The van der Waals surface area contributed by atoms with Crippen molar-refractivity contribution in [1.29, 1.82) is 0 Å². The van der Waals surface area contributed by atoms with E-state index in [4.69, 9.17) is 9.84 Å². The molecular weight excluding hydrogens is 264 g/mol. The van der Waals surface area contributed by atoms with Crippen molar-refractivity contribution < 1.29 is 19.6 Å². The minimum Gasteiger partial charge on any atom is -0.481 e. The maximum atomic E-state index is 10.6. The molecule has 1 aromatic carbocycles. The Morgan fingerprint density at radius 1 is 1.35 bits per heavy atom. The number of nitrogens with zero attached hydrogens (tertiary/aromatic N) is 2. The van der Waals surface area contributed by atoms with Crippen molar-refractivity contribution >= 4 is 11.7 Å². The quantitative estimate of drug-likeness (QED) is 0.663. The van der Waals surface area contributed by atoms with Crippen LogP contribution in [0.15, 0.2) is 42.6 Å². The number of ether oxygens (including phenoxy) is 1. The summed E-state index contributed by atoms with van der Waals surface area (Å²) in [5.41, 5.74) is 0.467. The molecule has 1 heterocycles. The van der Waals surface area contributed by atoms with E-state index in [1.165, 1.54) is 12.1 Å². The molecule has 0 radical (unpaired) electrons. The van der Waals surface area contributed by atoms with Gasteiger partial charge in [0, 0.05) is 12.1 Å². The number of hydrogen-bond acceptors (Lipinski definition) is 5. The maximum absolute atomic E-state index is 10.6. The van der Waals surface area contributed by atoms with Crippen LogP contribution >= 0.6 is 0 Å². The SMILES string of the molecule is O=C(O)Cc1cccc(Oc2ccc([N+](=O)[O-])cn2)c1. The van der Waals surface area contributed by atoms with Crippen molar-refractivity contribution in [1.82, 2.24) is 4.98 Å². The van der Waals surface area contributed by atoms with Crippen molar-refractivity contribution in [3.63, 3.8) is 0 Å². The predicted octanol–water partition coefficient (Wildman–Crippen LogP) is 2.41. The monoisotopic (exact) mass is 274 g/mol. The van der Waals surface area contributed by atoms with E-state index in [9.17, 15) is 14.9 Å². The molecular formula is C13H10N2O5. The van der Waals surface area contributed by atoms with Crippen LogP contribution in [0, 0.1) is 10.1 Å². The van der Waals surface area contributed by atoms with Gasteiger partial charge in [-0.25, -0.2) is 4.98 Å². The summed E-state index contributed by atoms with van der Waals surface area (Å²) in [6.45, 7) is 0.